The molecule has 0 aromatic heterocycles. The van der Waals surface area contributed by atoms with E-state index in [4.69, 9.17) is 4.74 Å². The second-order valence-corrected chi connectivity index (χ2v) is 8.40. The molecule has 0 radical (unpaired) electrons. The molecule has 29 heavy (non-hydrogen) atoms. The summed E-state index contributed by atoms with van der Waals surface area (Å²) in [5.74, 6) is 0.343. The van der Waals surface area contributed by atoms with Crippen molar-refractivity contribution in [1.82, 2.24) is 0 Å². The first-order valence-corrected chi connectivity index (χ1v) is 10.4. The SMILES string of the molecule is Cc1cccc(NC(=O)CSC(C)C(=O)c2ccc3c(c2)N(C)C(=O)C(C)O3)c1. The van der Waals surface area contributed by atoms with Crippen LogP contribution in [-0.2, 0) is 9.59 Å². The maximum atomic E-state index is 12.8. The zero-order valence-corrected chi connectivity index (χ0v) is 17.7. The van der Waals surface area contributed by atoms with Gasteiger partial charge < -0.3 is 15.0 Å². The average molecular weight is 413 g/mol. The lowest BCUT2D eigenvalue weighted by atomic mass is 10.1. The summed E-state index contributed by atoms with van der Waals surface area (Å²) >= 11 is 1.28. The first kappa shape index (κ1) is 20.9. The number of ketones is 1. The molecule has 0 aliphatic carbocycles. The molecular formula is C22H24N2O4S. The van der Waals surface area contributed by atoms with E-state index in [1.165, 1.54) is 16.7 Å². The number of carbonyl (C=O) groups excluding carboxylic acids is 3. The molecule has 1 N–H and O–H groups in total. The van der Waals surface area contributed by atoms with Gasteiger partial charge in [-0.2, -0.15) is 0 Å². The average Bonchev–Trinajstić information content (AvgIpc) is 2.69. The molecule has 1 aliphatic rings. The van der Waals surface area contributed by atoms with Crippen LogP contribution in [-0.4, -0.2) is 41.8 Å². The van der Waals surface area contributed by atoms with Crippen LogP contribution in [0.1, 0.15) is 29.8 Å². The summed E-state index contributed by atoms with van der Waals surface area (Å²) in [5.41, 5.74) is 2.87. The van der Waals surface area contributed by atoms with Crippen LogP contribution in [0, 0.1) is 6.92 Å². The van der Waals surface area contributed by atoms with Gasteiger partial charge in [0.05, 0.1) is 16.7 Å². The number of likely N-dealkylation sites (N-methyl/N-ethyl adjacent to an activating group) is 1. The molecule has 0 spiro atoms. The van der Waals surface area contributed by atoms with Gasteiger partial charge in [-0.15, -0.1) is 11.8 Å². The summed E-state index contributed by atoms with van der Waals surface area (Å²) in [7, 11) is 1.67. The molecule has 7 heteroatoms. The number of hydrogen-bond acceptors (Lipinski definition) is 5. The van der Waals surface area contributed by atoms with Gasteiger partial charge in [-0.1, -0.05) is 12.1 Å². The number of ether oxygens (including phenoxy) is 1. The number of nitrogens with one attached hydrogen (secondary N) is 1. The molecule has 2 aromatic rings. The number of Topliss-reactive ketones (excluding diaryl/α,β-unsaturated/α-hetero) is 1. The Labute approximate surface area is 174 Å². The Kier molecular flexibility index (Phi) is 6.27. The Morgan fingerprint density at radius 2 is 2.00 bits per heavy atom. The number of aryl methyl sites for hydroxylation is 1. The first-order chi connectivity index (χ1) is 13.8. The van der Waals surface area contributed by atoms with Crippen molar-refractivity contribution in [3.8, 4) is 5.75 Å². The van der Waals surface area contributed by atoms with Gasteiger partial charge in [0.15, 0.2) is 11.9 Å². The van der Waals surface area contributed by atoms with E-state index < -0.39 is 11.4 Å². The van der Waals surface area contributed by atoms with Gasteiger partial charge in [0, 0.05) is 18.3 Å². The Morgan fingerprint density at radius 1 is 1.24 bits per heavy atom. The molecule has 2 aromatic carbocycles. The number of anilines is 2. The Bertz CT molecular complexity index is 960. The van der Waals surface area contributed by atoms with Crippen LogP contribution >= 0.6 is 11.8 Å². The van der Waals surface area contributed by atoms with Crippen molar-refractivity contribution in [2.24, 2.45) is 0 Å². The van der Waals surface area contributed by atoms with E-state index in [0.29, 0.717) is 17.0 Å². The molecule has 0 saturated carbocycles. The third-order valence-corrected chi connectivity index (χ3v) is 5.87. The molecule has 2 amide bonds. The molecule has 0 saturated heterocycles. The lowest BCUT2D eigenvalue weighted by molar-refractivity contribution is -0.125. The second-order valence-electron chi connectivity index (χ2n) is 7.07. The van der Waals surface area contributed by atoms with Crippen LogP contribution in [0.25, 0.3) is 0 Å². The Hall–Kier alpha value is -2.80. The largest absolute Gasteiger partial charge is 0.479 e. The third-order valence-electron chi connectivity index (χ3n) is 4.72. The standard InChI is InChI=1S/C22H24N2O4S/c1-13-6-5-7-17(10-13)23-20(25)12-29-15(3)21(26)16-8-9-19-18(11-16)24(4)22(27)14(2)28-19/h5-11,14-15H,12H2,1-4H3,(H,23,25). The van der Waals surface area contributed by atoms with Crippen LogP contribution in [0.2, 0.25) is 0 Å². The van der Waals surface area contributed by atoms with Crippen molar-refractivity contribution in [3.05, 3.63) is 53.6 Å². The summed E-state index contributed by atoms with van der Waals surface area (Å²) in [4.78, 5) is 38.6. The maximum absolute atomic E-state index is 12.8. The molecular weight excluding hydrogens is 388 g/mol. The monoisotopic (exact) mass is 412 g/mol. The zero-order valence-electron chi connectivity index (χ0n) is 16.9. The molecule has 6 nitrogen and oxygen atoms in total. The van der Waals surface area contributed by atoms with Crippen molar-refractivity contribution in [1.29, 1.82) is 0 Å². The van der Waals surface area contributed by atoms with Crippen LogP contribution in [0.4, 0.5) is 11.4 Å². The molecule has 0 fully saturated rings. The van der Waals surface area contributed by atoms with Crippen LogP contribution in [0.5, 0.6) is 5.75 Å². The Morgan fingerprint density at radius 3 is 2.72 bits per heavy atom. The number of hydrogen-bond donors (Lipinski definition) is 1. The van der Waals surface area contributed by atoms with Gasteiger partial charge in [0.25, 0.3) is 5.91 Å². The quantitative estimate of drug-likeness (QED) is 0.733. The smallest absolute Gasteiger partial charge is 0.267 e. The summed E-state index contributed by atoms with van der Waals surface area (Å²) in [6, 6.07) is 12.6. The van der Waals surface area contributed by atoms with E-state index >= 15 is 0 Å². The third kappa shape index (κ3) is 4.79. The predicted molar refractivity (Wildman–Crippen MR) is 116 cm³/mol. The highest BCUT2D eigenvalue weighted by molar-refractivity contribution is 8.01. The van der Waals surface area contributed by atoms with Crippen molar-refractivity contribution >= 4 is 40.7 Å². The van der Waals surface area contributed by atoms with Crippen molar-refractivity contribution < 1.29 is 19.1 Å². The molecule has 0 bridgehead atoms. The van der Waals surface area contributed by atoms with Gasteiger partial charge in [-0.05, 0) is 56.7 Å². The lowest BCUT2D eigenvalue weighted by Crippen LogP contribution is -2.42. The highest BCUT2D eigenvalue weighted by atomic mass is 32.2. The van der Waals surface area contributed by atoms with E-state index in [2.05, 4.69) is 5.32 Å². The fraction of sp³-hybridized carbons (Fsp3) is 0.318. The van der Waals surface area contributed by atoms with Crippen molar-refractivity contribution in [2.75, 3.05) is 23.0 Å². The normalized spacial score (nSPS) is 16.6. The number of thioether (sulfide) groups is 1. The summed E-state index contributed by atoms with van der Waals surface area (Å²) in [6.45, 7) is 5.43. The van der Waals surface area contributed by atoms with Gasteiger partial charge >= 0.3 is 0 Å². The van der Waals surface area contributed by atoms with Gasteiger partial charge in [0.2, 0.25) is 5.91 Å². The molecule has 152 valence electrons. The minimum atomic E-state index is -0.546. The number of nitrogens with zero attached hydrogens (tertiary/aromatic N) is 1. The Balaban J connectivity index is 1.62. The number of rotatable bonds is 6. The summed E-state index contributed by atoms with van der Waals surface area (Å²) in [5, 5.41) is 2.44. The highest BCUT2D eigenvalue weighted by Crippen LogP contribution is 2.34. The summed E-state index contributed by atoms with van der Waals surface area (Å²) in [6.07, 6.45) is -0.546. The minimum Gasteiger partial charge on any atom is -0.479 e. The minimum absolute atomic E-state index is 0.0966. The van der Waals surface area contributed by atoms with E-state index in [1.807, 2.05) is 31.2 Å². The first-order valence-electron chi connectivity index (χ1n) is 9.37. The fourth-order valence-corrected chi connectivity index (χ4v) is 3.86. The maximum Gasteiger partial charge on any atom is 0.267 e. The van der Waals surface area contributed by atoms with Crippen LogP contribution in [0.3, 0.4) is 0 Å². The van der Waals surface area contributed by atoms with E-state index in [9.17, 15) is 14.4 Å². The van der Waals surface area contributed by atoms with Gasteiger partial charge in [-0.25, -0.2) is 0 Å². The molecule has 2 unspecified atom stereocenters. The topological polar surface area (TPSA) is 75.7 Å². The summed E-state index contributed by atoms with van der Waals surface area (Å²) < 4.78 is 5.59. The molecule has 1 aliphatic heterocycles. The number of amides is 2. The van der Waals surface area contributed by atoms with E-state index in [-0.39, 0.29) is 23.4 Å². The lowest BCUT2D eigenvalue weighted by Gasteiger charge is -2.30. The van der Waals surface area contributed by atoms with E-state index in [1.54, 1.807) is 39.1 Å². The highest BCUT2D eigenvalue weighted by Gasteiger charge is 2.30. The van der Waals surface area contributed by atoms with Crippen molar-refractivity contribution in [3.63, 3.8) is 0 Å². The fourth-order valence-electron chi connectivity index (χ4n) is 3.10. The zero-order chi connectivity index (χ0) is 21.1. The molecule has 1 heterocycles. The number of fused-ring (bicyclic) bond motifs is 1. The van der Waals surface area contributed by atoms with Gasteiger partial charge in [-0.3, -0.25) is 14.4 Å². The molecule has 3 rings (SSSR count). The number of carbonyl (C=O) groups is 3. The second kappa shape index (κ2) is 8.69. The molecule has 2 atom stereocenters. The van der Waals surface area contributed by atoms with Crippen LogP contribution < -0.4 is 15.0 Å². The predicted octanol–water partition coefficient (Wildman–Crippen LogP) is 3.68. The van der Waals surface area contributed by atoms with Crippen molar-refractivity contribution in [2.45, 2.75) is 32.1 Å². The van der Waals surface area contributed by atoms with E-state index in [0.717, 1.165) is 11.3 Å². The number of benzene rings is 2. The van der Waals surface area contributed by atoms with Crippen LogP contribution in [0.15, 0.2) is 42.5 Å². The van der Waals surface area contributed by atoms with Gasteiger partial charge in [0.1, 0.15) is 5.75 Å².